The number of hydrogen-bond donors (Lipinski definition) is 1. The highest BCUT2D eigenvalue weighted by molar-refractivity contribution is 5.87. The highest BCUT2D eigenvalue weighted by atomic mass is 19.1. The Balaban J connectivity index is 1.73. The van der Waals surface area contributed by atoms with Gasteiger partial charge in [0.15, 0.2) is 0 Å². The average molecular weight is 368 g/mol. The summed E-state index contributed by atoms with van der Waals surface area (Å²) in [4.78, 5) is 14.7. The summed E-state index contributed by atoms with van der Waals surface area (Å²) in [5, 5.41) is 0. The van der Waals surface area contributed by atoms with E-state index in [1.54, 1.807) is 4.90 Å². The Labute approximate surface area is 157 Å². The fourth-order valence-corrected chi connectivity index (χ4v) is 3.73. The van der Waals surface area contributed by atoms with Crippen LogP contribution in [-0.2, 0) is 4.79 Å². The van der Waals surface area contributed by atoms with E-state index in [9.17, 15) is 13.6 Å². The molecule has 0 bridgehead atoms. The van der Waals surface area contributed by atoms with Gasteiger partial charge in [-0.05, 0) is 55.0 Å². The number of halogens is 2. The zero-order valence-electron chi connectivity index (χ0n) is 15.2. The number of aryl methyl sites for hydroxylation is 1. The molecule has 2 N–H and O–H groups in total. The standard InChI is InChI=1S/C22H22F2N2O/c1-13-3-2-4-15(9-13)20-10-16(18-11-17(23)7-8-19(18)24)12-26(20)22(27)21(25)14-5-6-14/h2-4,7-11,14,20-21H,5-6,12,25H2,1H3/t20-,21?/m0/s1. The highest BCUT2D eigenvalue weighted by Gasteiger charge is 2.40. The molecule has 2 atom stereocenters. The number of amides is 1. The Morgan fingerprint density at radius 1 is 1.19 bits per heavy atom. The molecule has 1 aliphatic heterocycles. The van der Waals surface area contributed by atoms with Gasteiger partial charge in [-0.3, -0.25) is 4.79 Å². The largest absolute Gasteiger partial charge is 0.326 e. The van der Waals surface area contributed by atoms with Crippen LogP contribution in [0.3, 0.4) is 0 Å². The number of hydrogen-bond acceptors (Lipinski definition) is 2. The fraction of sp³-hybridized carbons (Fsp3) is 0.318. The topological polar surface area (TPSA) is 46.3 Å². The minimum Gasteiger partial charge on any atom is -0.326 e. The van der Waals surface area contributed by atoms with Gasteiger partial charge in [0.1, 0.15) is 11.6 Å². The van der Waals surface area contributed by atoms with Crippen molar-refractivity contribution in [1.29, 1.82) is 0 Å². The second-order valence-corrected chi connectivity index (χ2v) is 7.50. The second kappa shape index (κ2) is 6.89. The lowest BCUT2D eigenvalue weighted by molar-refractivity contribution is -0.133. The lowest BCUT2D eigenvalue weighted by atomic mass is 10.0. The third-order valence-corrected chi connectivity index (χ3v) is 5.39. The summed E-state index contributed by atoms with van der Waals surface area (Å²) in [6.45, 7) is 2.20. The maximum atomic E-state index is 14.3. The van der Waals surface area contributed by atoms with Gasteiger partial charge in [0, 0.05) is 12.1 Å². The van der Waals surface area contributed by atoms with E-state index < -0.39 is 17.7 Å². The van der Waals surface area contributed by atoms with Crippen LogP contribution in [0.25, 0.3) is 5.57 Å². The molecule has 1 aliphatic carbocycles. The first-order chi connectivity index (χ1) is 12.9. The van der Waals surface area contributed by atoms with Gasteiger partial charge in [0.05, 0.1) is 12.1 Å². The summed E-state index contributed by atoms with van der Waals surface area (Å²) in [6.07, 6.45) is 3.79. The van der Waals surface area contributed by atoms with Gasteiger partial charge in [0.2, 0.25) is 5.91 Å². The predicted octanol–water partition coefficient (Wildman–Crippen LogP) is 3.98. The lowest BCUT2D eigenvalue weighted by Gasteiger charge is -2.28. The third kappa shape index (κ3) is 3.52. The molecule has 0 saturated heterocycles. The Morgan fingerprint density at radius 2 is 1.96 bits per heavy atom. The van der Waals surface area contributed by atoms with Crippen LogP contribution in [0.4, 0.5) is 8.78 Å². The summed E-state index contributed by atoms with van der Waals surface area (Å²) in [5.74, 6) is -0.900. The Bertz CT molecular complexity index is 920. The molecule has 2 aliphatic rings. The Morgan fingerprint density at radius 3 is 2.67 bits per heavy atom. The predicted molar refractivity (Wildman–Crippen MR) is 101 cm³/mol. The molecular weight excluding hydrogens is 346 g/mol. The van der Waals surface area contributed by atoms with Gasteiger partial charge in [-0.25, -0.2) is 8.78 Å². The molecule has 3 nitrogen and oxygen atoms in total. The number of nitrogens with two attached hydrogens (primary N) is 1. The number of rotatable bonds is 4. The minimum atomic E-state index is -0.539. The zero-order valence-corrected chi connectivity index (χ0v) is 15.2. The summed E-state index contributed by atoms with van der Waals surface area (Å²) >= 11 is 0. The Hall–Kier alpha value is -2.53. The molecule has 4 rings (SSSR count). The normalized spacial score (nSPS) is 20.5. The van der Waals surface area contributed by atoms with E-state index in [-0.39, 0.29) is 30.0 Å². The van der Waals surface area contributed by atoms with Crippen molar-refractivity contribution in [3.63, 3.8) is 0 Å². The van der Waals surface area contributed by atoms with Crippen LogP contribution < -0.4 is 5.73 Å². The zero-order chi connectivity index (χ0) is 19.1. The molecule has 1 fully saturated rings. The van der Waals surface area contributed by atoms with E-state index in [2.05, 4.69) is 0 Å². The number of carbonyl (C=O) groups is 1. The Kier molecular flexibility index (Phi) is 4.56. The first-order valence-corrected chi connectivity index (χ1v) is 9.23. The first-order valence-electron chi connectivity index (χ1n) is 9.23. The average Bonchev–Trinajstić information content (AvgIpc) is 3.41. The maximum absolute atomic E-state index is 14.3. The summed E-state index contributed by atoms with van der Waals surface area (Å²) in [5.41, 5.74) is 8.98. The summed E-state index contributed by atoms with van der Waals surface area (Å²) in [6, 6.07) is 10.4. The second-order valence-electron chi connectivity index (χ2n) is 7.50. The SMILES string of the molecule is Cc1cccc([C@@H]2C=C(c3cc(F)ccc3F)CN2C(=O)C(N)C2CC2)c1. The van der Waals surface area contributed by atoms with Crippen molar-refractivity contribution >= 4 is 11.5 Å². The van der Waals surface area contributed by atoms with Crippen LogP contribution in [0.5, 0.6) is 0 Å². The van der Waals surface area contributed by atoms with E-state index in [0.717, 1.165) is 36.1 Å². The smallest absolute Gasteiger partial charge is 0.240 e. The van der Waals surface area contributed by atoms with Gasteiger partial charge in [-0.15, -0.1) is 0 Å². The van der Waals surface area contributed by atoms with Gasteiger partial charge in [0.25, 0.3) is 0 Å². The van der Waals surface area contributed by atoms with Crippen LogP contribution in [0.2, 0.25) is 0 Å². The van der Waals surface area contributed by atoms with E-state index in [1.165, 1.54) is 6.07 Å². The number of benzene rings is 2. The third-order valence-electron chi connectivity index (χ3n) is 5.39. The molecule has 1 unspecified atom stereocenters. The maximum Gasteiger partial charge on any atom is 0.240 e. The van der Waals surface area contributed by atoms with Crippen molar-refractivity contribution in [2.45, 2.75) is 31.8 Å². The highest BCUT2D eigenvalue weighted by Crippen LogP contribution is 2.39. The molecule has 0 spiro atoms. The molecule has 2 aromatic carbocycles. The van der Waals surface area contributed by atoms with Crippen molar-refractivity contribution in [3.05, 3.63) is 76.9 Å². The molecular formula is C22H22F2N2O. The summed E-state index contributed by atoms with van der Waals surface area (Å²) in [7, 11) is 0. The van der Waals surface area contributed by atoms with Gasteiger partial charge >= 0.3 is 0 Å². The molecule has 0 radical (unpaired) electrons. The van der Waals surface area contributed by atoms with E-state index in [4.69, 9.17) is 5.73 Å². The van der Waals surface area contributed by atoms with Crippen LogP contribution >= 0.6 is 0 Å². The van der Waals surface area contributed by atoms with Crippen LogP contribution in [-0.4, -0.2) is 23.4 Å². The number of nitrogens with zero attached hydrogens (tertiary/aromatic N) is 1. The molecule has 27 heavy (non-hydrogen) atoms. The van der Waals surface area contributed by atoms with Crippen molar-refractivity contribution in [3.8, 4) is 0 Å². The molecule has 5 heteroatoms. The molecule has 1 saturated carbocycles. The molecule has 1 heterocycles. The van der Waals surface area contributed by atoms with E-state index in [1.807, 2.05) is 37.3 Å². The quantitative estimate of drug-likeness (QED) is 0.887. The van der Waals surface area contributed by atoms with Crippen molar-refractivity contribution < 1.29 is 13.6 Å². The van der Waals surface area contributed by atoms with Crippen LogP contribution in [0.1, 0.15) is 35.6 Å². The monoisotopic (exact) mass is 368 g/mol. The van der Waals surface area contributed by atoms with Crippen molar-refractivity contribution in [2.75, 3.05) is 6.54 Å². The molecule has 0 aromatic heterocycles. The first kappa shape index (κ1) is 17.9. The van der Waals surface area contributed by atoms with Gasteiger partial charge in [-0.1, -0.05) is 35.9 Å². The number of carbonyl (C=O) groups excluding carboxylic acids is 1. The minimum absolute atomic E-state index is 0.132. The molecule has 140 valence electrons. The van der Waals surface area contributed by atoms with Crippen LogP contribution in [0.15, 0.2) is 48.5 Å². The fourth-order valence-electron chi connectivity index (χ4n) is 3.73. The molecule has 2 aromatic rings. The van der Waals surface area contributed by atoms with Gasteiger partial charge in [-0.2, -0.15) is 0 Å². The van der Waals surface area contributed by atoms with Gasteiger partial charge < -0.3 is 10.6 Å². The van der Waals surface area contributed by atoms with Crippen molar-refractivity contribution in [1.82, 2.24) is 4.90 Å². The van der Waals surface area contributed by atoms with Crippen molar-refractivity contribution in [2.24, 2.45) is 11.7 Å². The lowest BCUT2D eigenvalue weighted by Crippen LogP contribution is -2.45. The van der Waals surface area contributed by atoms with E-state index in [0.29, 0.717) is 5.57 Å². The van der Waals surface area contributed by atoms with E-state index >= 15 is 0 Å². The summed E-state index contributed by atoms with van der Waals surface area (Å²) < 4.78 is 28.0. The van der Waals surface area contributed by atoms with Crippen LogP contribution in [0, 0.1) is 24.5 Å². The molecule has 1 amide bonds.